The Balaban J connectivity index is 1.60. The fourth-order valence-electron chi connectivity index (χ4n) is 4.24. The molecule has 0 radical (unpaired) electrons. The first kappa shape index (κ1) is 24.8. The van der Waals surface area contributed by atoms with Crippen LogP contribution in [0.3, 0.4) is 0 Å². The molecule has 0 bridgehead atoms. The third kappa shape index (κ3) is 7.92. The Morgan fingerprint density at radius 1 is 1.03 bits per heavy atom. The van der Waals surface area contributed by atoms with E-state index in [2.05, 4.69) is 46.4 Å². The van der Waals surface area contributed by atoms with Gasteiger partial charge < -0.3 is 24.8 Å². The highest BCUT2D eigenvalue weighted by Crippen LogP contribution is 2.23. The molecule has 2 N–H and O–H groups in total. The SMILES string of the molecule is CCNC(=NCC(C)CN1CCOCC1)NCC(c1ccc(OC)cc1)N1CCOCC1. The van der Waals surface area contributed by atoms with Gasteiger partial charge in [-0.3, -0.25) is 14.8 Å². The normalized spacial score (nSPS) is 20.5. The summed E-state index contributed by atoms with van der Waals surface area (Å²) in [5.41, 5.74) is 1.27. The second kappa shape index (κ2) is 13.6. The summed E-state index contributed by atoms with van der Waals surface area (Å²) in [6.45, 7) is 15.0. The maximum absolute atomic E-state index is 5.58. The minimum absolute atomic E-state index is 0.249. The van der Waals surface area contributed by atoms with E-state index >= 15 is 0 Å². The highest BCUT2D eigenvalue weighted by atomic mass is 16.5. The van der Waals surface area contributed by atoms with Crippen molar-refractivity contribution in [3.63, 3.8) is 0 Å². The quantitative estimate of drug-likeness (QED) is 0.417. The average Bonchev–Trinajstić information content (AvgIpc) is 2.84. The van der Waals surface area contributed by atoms with Crippen molar-refractivity contribution in [1.29, 1.82) is 0 Å². The Morgan fingerprint density at radius 3 is 2.31 bits per heavy atom. The van der Waals surface area contributed by atoms with E-state index in [1.807, 2.05) is 12.1 Å². The smallest absolute Gasteiger partial charge is 0.191 e. The largest absolute Gasteiger partial charge is 0.497 e. The summed E-state index contributed by atoms with van der Waals surface area (Å²) in [6, 6.07) is 8.65. The van der Waals surface area contributed by atoms with Crippen LogP contribution in [0, 0.1) is 5.92 Å². The van der Waals surface area contributed by atoms with Crippen LogP contribution in [0.2, 0.25) is 0 Å². The van der Waals surface area contributed by atoms with Crippen LogP contribution < -0.4 is 15.4 Å². The van der Waals surface area contributed by atoms with Gasteiger partial charge in [0.2, 0.25) is 0 Å². The van der Waals surface area contributed by atoms with Gasteiger partial charge in [0.1, 0.15) is 5.75 Å². The zero-order chi connectivity index (χ0) is 22.6. The van der Waals surface area contributed by atoms with Crippen LogP contribution >= 0.6 is 0 Å². The van der Waals surface area contributed by atoms with Crippen LogP contribution in [0.4, 0.5) is 0 Å². The van der Waals surface area contributed by atoms with Crippen LogP contribution in [-0.4, -0.2) is 102 Å². The molecule has 0 amide bonds. The number of morpholine rings is 2. The summed E-state index contributed by atoms with van der Waals surface area (Å²) in [4.78, 5) is 9.85. The Morgan fingerprint density at radius 2 is 1.69 bits per heavy atom. The van der Waals surface area contributed by atoms with E-state index in [1.54, 1.807) is 7.11 Å². The minimum Gasteiger partial charge on any atom is -0.497 e. The fourth-order valence-corrected chi connectivity index (χ4v) is 4.24. The fraction of sp³-hybridized carbons (Fsp3) is 0.708. The molecule has 2 fully saturated rings. The predicted molar refractivity (Wildman–Crippen MR) is 129 cm³/mol. The number of aliphatic imine (C=N–C) groups is 1. The standard InChI is InChI=1S/C24H41N5O3/c1-4-25-24(26-17-20(2)19-28-9-13-31-14-10-28)27-18-23(29-11-15-32-16-12-29)21-5-7-22(30-3)8-6-21/h5-8,20,23H,4,9-19H2,1-3H3,(H2,25,26,27). The molecule has 180 valence electrons. The van der Waals surface area contributed by atoms with E-state index in [-0.39, 0.29) is 6.04 Å². The molecule has 2 unspecified atom stereocenters. The van der Waals surface area contributed by atoms with Gasteiger partial charge >= 0.3 is 0 Å². The van der Waals surface area contributed by atoms with Crippen LogP contribution in [0.15, 0.2) is 29.3 Å². The summed E-state index contributed by atoms with van der Waals surface area (Å²) in [5.74, 6) is 2.26. The lowest BCUT2D eigenvalue weighted by atomic mass is 10.0. The van der Waals surface area contributed by atoms with Crippen molar-refractivity contribution < 1.29 is 14.2 Å². The molecule has 3 rings (SSSR count). The molecule has 8 nitrogen and oxygen atoms in total. The van der Waals surface area contributed by atoms with Gasteiger partial charge in [-0.05, 0) is 30.5 Å². The number of nitrogens with one attached hydrogen (secondary N) is 2. The van der Waals surface area contributed by atoms with E-state index < -0.39 is 0 Å². The zero-order valence-corrected chi connectivity index (χ0v) is 20.0. The average molecular weight is 448 g/mol. The van der Waals surface area contributed by atoms with E-state index in [0.717, 1.165) is 90.5 Å². The van der Waals surface area contributed by atoms with E-state index in [4.69, 9.17) is 19.2 Å². The van der Waals surface area contributed by atoms with Gasteiger partial charge in [0.05, 0.1) is 39.6 Å². The molecular formula is C24H41N5O3. The number of methoxy groups -OCH3 is 1. The molecular weight excluding hydrogens is 406 g/mol. The first-order chi connectivity index (χ1) is 15.7. The second-order valence-electron chi connectivity index (χ2n) is 8.56. The molecule has 2 atom stereocenters. The first-order valence-corrected chi connectivity index (χ1v) is 12.0. The number of rotatable bonds is 10. The summed E-state index contributed by atoms with van der Waals surface area (Å²) >= 11 is 0. The van der Waals surface area contributed by atoms with Gasteiger partial charge in [-0.15, -0.1) is 0 Å². The number of nitrogens with zero attached hydrogens (tertiary/aromatic N) is 3. The number of hydrogen-bond donors (Lipinski definition) is 2. The van der Waals surface area contributed by atoms with Gasteiger partial charge in [-0.1, -0.05) is 19.1 Å². The molecule has 1 aromatic carbocycles. The van der Waals surface area contributed by atoms with Crippen LogP contribution in [0.25, 0.3) is 0 Å². The Labute approximate surface area is 193 Å². The van der Waals surface area contributed by atoms with Crippen molar-refractivity contribution >= 4 is 5.96 Å². The number of hydrogen-bond acceptors (Lipinski definition) is 6. The molecule has 8 heteroatoms. The summed E-state index contributed by atoms with van der Waals surface area (Å²) in [5, 5.41) is 7.01. The Bertz CT molecular complexity index is 673. The van der Waals surface area contributed by atoms with Crippen molar-refractivity contribution in [2.75, 3.05) is 85.9 Å². The van der Waals surface area contributed by atoms with Crippen molar-refractivity contribution in [2.24, 2.45) is 10.9 Å². The van der Waals surface area contributed by atoms with Gasteiger partial charge in [0, 0.05) is 52.4 Å². The lowest BCUT2D eigenvalue weighted by Gasteiger charge is -2.35. The number of ether oxygens (including phenoxy) is 3. The van der Waals surface area contributed by atoms with Gasteiger partial charge in [0.15, 0.2) is 5.96 Å². The lowest BCUT2D eigenvalue weighted by molar-refractivity contribution is 0.0170. The van der Waals surface area contributed by atoms with Crippen molar-refractivity contribution in [1.82, 2.24) is 20.4 Å². The molecule has 2 aliphatic heterocycles. The van der Waals surface area contributed by atoms with Gasteiger partial charge in [-0.2, -0.15) is 0 Å². The van der Waals surface area contributed by atoms with Crippen LogP contribution in [0.1, 0.15) is 25.5 Å². The topological polar surface area (TPSA) is 70.6 Å². The van der Waals surface area contributed by atoms with E-state index in [0.29, 0.717) is 5.92 Å². The molecule has 0 aromatic heterocycles. The molecule has 0 spiro atoms. The first-order valence-electron chi connectivity index (χ1n) is 12.0. The highest BCUT2D eigenvalue weighted by Gasteiger charge is 2.23. The molecule has 2 saturated heterocycles. The van der Waals surface area contributed by atoms with Gasteiger partial charge in [-0.25, -0.2) is 0 Å². The third-order valence-electron chi connectivity index (χ3n) is 6.03. The van der Waals surface area contributed by atoms with Crippen molar-refractivity contribution in [3.8, 4) is 5.75 Å². The molecule has 2 aliphatic rings. The van der Waals surface area contributed by atoms with Gasteiger partial charge in [0.25, 0.3) is 0 Å². The molecule has 2 heterocycles. The highest BCUT2D eigenvalue weighted by molar-refractivity contribution is 5.79. The molecule has 0 aliphatic carbocycles. The maximum Gasteiger partial charge on any atom is 0.191 e. The third-order valence-corrected chi connectivity index (χ3v) is 6.03. The Hall–Kier alpha value is -1.87. The summed E-state index contributed by atoms with van der Waals surface area (Å²) in [7, 11) is 1.70. The Kier molecular flexibility index (Phi) is 10.5. The monoisotopic (exact) mass is 447 g/mol. The van der Waals surface area contributed by atoms with Crippen LogP contribution in [-0.2, 0) is 9.47 Å². The van der Waals surface area contributed by atoms with Crippen LogP contribution in [0.5, 0.6) is 5.75 Å². The second-order valence-corrected chi connectivity index (χ2v) is 8.56. The zero-order valence-electron chi connectivity index (χ0n) is 20.0. The number of guanidine groups is 1. The molecule has 0 saturated carbocycles. The van der Waals surface area contributed by atoms with E-state index in [9.17, 15) is 0 Å². The van der Waals surface area contributed by atoms with Crippen molar-refractivity contribution in [3.05, 3.63) is 29.8 Å². The maximum atomic E-state index is 5.58. The molecule has 32 heavy (non-hydrogen) atoms. The lowest BCUT2D eigenvalue weighted by Crippen LogP contribution is -2.46. The number of benzene rings is 1. The van der Waals surface area contributed by atoms with Crippen molar-refractivity contribution in [2.45, 2.75) is 19.9 Å². The molecule has 1 aromatic rings. The summed E-state index contributed by atoms with van der Waals surface area (Å²) < 4.78 is 16.4. The van der Waals surface area contributed by atoms with E-state index in [1.165, 1.54) is 5.56 Å². The summed E-state index contributed by atoms with van der Waals surface area (Å²) in [6.07, 6.45) is 0. The predicted octanol–water partition coefficient (Wildman–Crippen LogP) is 1.59. The minimum atomic E-state index is 0.249.